The zero-order valence-electron chi connectivity index (χ0n) is 10.5. The van der Waals surface area contributed by atoms with E-state index in [9.17, 15) is 14.0 Å². The SMILES string of the molecule is CNC(=O)NC(=O)C(C)Nc1cccc(F)c1C#N. The molecule has 0 aliphatic rings. The molecule has 19 heavy (non-hydrogen) atoms. The number of nitrogens with one attached hydrogen (secondary N) is 3. The molecule has 6 nitrogen and oxygen atoms in total. The summed E-state index contributed by atoms with van der Waals surface area (Å²) in [6.07, 6.45) is 0. The van der Waals surface area contributed by atoms with Crippen molar-refractivity contribution >= 4 is 17.6 Å². The van der Waals surface area contributed by atoms with Crippen LogP contribution in [0.3, 0.4) is 0 Å². The van der Waals surface area contributed by atoms with Crippen molar-refractivity contribution in [2.45, 2.75) is 13.0 Å². The Kier molecular flexibility index (Phi) is 4.83. The molecule has 1 atom stereocenters. The summed E-state index contributed by atoms with van der Waals surface area (Å²) in [7, 11) is 1.38. The van der Waals surface area contributed by atoms with Crippen molar-refractivity contribution in [3.05, 3.63) is 29.6 Å². The smallest absolute Gasteiger partial charge is 0.321 e. The minimum absolute atomic E-state index is 0.179. The van der Waals surface area contributed by atoms with Gasteiger partial charge in [-0.25, -0.2) is 9.18 Å². The van der Waals surface area contributed by atoms with E-state index in [1.807, 2.05) is 0 Å². The van der Waals surface area contributed by atoms with E-state index >= 15 is 0 Å². The Morgan fingerprint density at radius 3 is 2.68 bits per heavy atom. The number of rotatable bonds is 3. The third-order valence-electron chi connectivity index (χ3n) is 2.35. The fraction of sp³-hybridized carbons (Fsp3) is 0.250. The third kappa shape index (κ3) is 3.67. The van der Waals surface area contributed by atoms with Crippen molar-refractivity contribution in [3.63, 3.8) is 0 Å². The average molecular weight is 264 g/mol. The van der Waals surface area contributed by atoms with Crippen LogP contribution in [0, 0.1) is 17.1 Å². The van der Waals surface area contributed by atoms with Crippen molar-refractivity contribution in [2.24, 2.45) is 0 Å². The lowest BCUT2D eigenvalue weighted by Gasteiger charge is -2.15. The van der Waals surface area contributed by atoms with E-state index in [0.717, 1.165) is 6.07 Å². The summed E-state index contributed by atoms with van der Waals surface area (Å²) in [5, 5.41) is 15.8. The third-order valence-corrected chi connectivity index (χ3v) is 2.35. The number of imide groups is 1. The zero-order valence-corrected chi connectivity index (χ0v) is 10.5. The maximum Gasteiger partial charge on any atom is 0.321 e. The molecule has 0 aromatic heterocycles. The number of nitrogens with zero attached hydrogens (tertiary/aromatic N) is 1. The molecule has 0 aliphatic heterocycles. The quantitative estimate of drug-likeness (QED) is 0.757. The number of urea groups is 1. The molecule has 1 aromatic carbocycles. The molecule has 0 saturated carbocycles. The van der Waals surface area contributed by atoms with Gasteiger partial charge in [-0.2, -0.15) is 5.26 Å². The number of hydrogen-bond donors (Lipinski definition) is 3. The standard InChI is InChI=1S/C12H13FN4O2/c1-7(11(18)17-12(19)15-2)16-10-5-3-4-9(13)8(10)6-14/h3-5,7,16H,1-2H3,(H2,15,17,18,19). The topological polar surface area (TPSA) is 94.0 Å². The first kappa shape index (κ1) is 14.4. The molecule has 1 unspecified atom stereocenters. The van der Waals surface area contributed by atoms with E-state index in [2.05, 4.69) is 16.0 Å². The van der Waals surface area contributed by atoms with Gasteiger partial charge in [-0.15, -0.1) is 0 Å². The van der Waals surface area contributed by atoms with E-state index in [-0.39, 0.29) is 11.3 Å². The van der Waals surface area contributed by atoms with E-state index in [1.165, 1.54) is 26.1 Å². The van der Waals surface area contributed by atoms with Gasteiger partial charge >= 0.3 is 6.03 Å². The lowest BCUT2D eigenvalue weighted by atomic mass is 10.1. The van der Waals surface area contributed by atoms with Crippen LogP contribution >= 0.6 is 0 Å². The number of anilines is 1. The highest BCUT2D eigenvalue weighted by molar-refractivity contribution is 5.98. The molecule has 100 valence electrons. The maximum atomic E-state index is 13.3. The number of carbonyl (C=O) groups is 2. The number of amides is 3. The molecule has 0 fully saturated rings. The highest BCUT2D eigenvalue weighted by atomic mass is 19.1. The zero-order chi connectivity index (χ0) is 14.4. The van der Waals surface area contributed by atoms with Crippen LogP contribution < -0.4 is 16.0 Å². The Balaban J connectivity index is 2.80. The number of carbonyl (C=O) groups excluding carboxylic acids is 2. The average Bonchev–Trinajstić information content (AvgIpc) is 2.38. The second-order valence-electron chi connectivity index (χ2n) is 3.71. The number of halogens is 1. The summed E-state index contributed by atoms with van der Waals surface area (Å²) in [5.41, 5.74) is 0.0177. The highest BCUT2D eigenvalue weighted by Gasteiger charge is 2.17. The Bertz CT molecular complexity index is 539. The van der Waals surface area contributed by atoms with Gasteiger partial charge in [0.05, 0.1) is 5.69 Å². The first-order chi connectivity index (χ1) is 8.99. The van der Waals surface area contributed by atoms with Crippen molar-refractivity contribution in [1.29, 1.82) is 5.26 Å². The second-order valence-corrected chi connectivity index (χ2v) is 3.71. The molecular weight excluding hydrogens is 251 g/mol. The van der Waals surface area contributed by atoms with E-state index < -0.39 is 23.8 Å². The molecule has 0 radical (unpaired) electrons. The van der Waals surface area contributed by atoms with Gasteiger partial charge in [-0.3, -0.25) is 10.1 Å². The normalized spacial score (nSPS) is 11.1. The highest BCUT2D eigenvalue weighted by Crippen LogP contribution is 2.18. The molecule has 7 heteroatoms. The van der Waals surface area contributed by atoms with Gasteiger partial charge in [0.25, 0.3) is 0 Å². The Morgan fingerprint density at radius 2 is 2.11 bits per heavy atom. The fourth-order valence-electron chi connectivity index (χ4n) is 1.34. The molecule has 1 aromatic rings. The molecule has 0 saturated heterocycles. The van der Waals surface area contributed by atoms with Gasteiger partial charge in [-0.05, 0) is 19.1 Å². The van der Waals surface area contributed by atoms with Crippen LogP contribution in [-0.2, 0) is 4.79 Å². The van der Waals surface area contributed by atoms with Gasteiger partial charge in [0.2, 0.25) is 5.91 Å². The molecule has 3 N–H and O–H groups in total. The largest absolute Gasteiger partial charge is 0.373 e. The van der Waals surface area contributed by atoms with Crippen LogP contribution in [0.5, 0.6) is 0 Å². The molecule has 0 bridgehead atoms. The molecule has 3 amide bonds. The van der Waals surface area contributed by atoms with Crippen molar-refractivity contribution < 1.29 is 14.0 Å². The van der Waals surface area contributed by atoms with Gasteiger partial charge in [-0.1, -0.05) is 6.07 Å². The summed E-state index contributed by atoms with van der Waals surface area (Å²) in [6, 6.07) is 4.32. The van der Waals surface area contributed by atoms with E-state index in [1.54, 1.807) is 6.07 Å². The summed E-state index contributed by atoms with van der Waals surface area (Å²) in [5.74, 6) is -1.26. The van der Waals surface area contributed by atoms with Crippen LogP contribution in [0.1, 0.15) is 12.5 Å². The monoisotopic (exact) mass is 264 g/mol. The van der Waals surface area contributed by atoms with Gasteiger partial charge in [0, 0.05) is 7.05 Å². The summed E-state index contributed by atoms with van der Waals surface area (Å²) in [6.45, 7) is 1.49. The lowest BCUT2D eigenvalue weighted by Crippen LogP contribution is -2.44. The van der Waals surface area contributed by atoms with Gasteiger partial charge < -0.3 is 10.6 Å². The second kappa shape index (κ2) is 6.35. The minimum Gasteiger partial charge on any atom is -0.373 e. The predicted molar refractivity (Wildman–Crippen MR) is 66.8 cm³/mol. The van der Waals surface area contributed by atoms with Crippen LogP contribution in [0.25, 0.3) is 0 Å². The molecule has 1 rings (SSSR count). The van der Waals surface area contributed by atoms with Crippen molar-refractivity contribution in [2.75, 3.05) is 12.4 Å². The van der Waals surface area contributed by atoms with Crippen LogP contribution in [0.4, 0.5) is 14.9 Å². The number of benzene rings is 1. The molecule has 0 aliphatic carbocycles. The minimum atomic E-state index is -0.800. The molecule has 0 spiro atoms. The molecule has 0 heterocycles. The van der Waals surface area contributed by atoms with E-state index in [4.69, 9.17) is 5.26 Å². The Morgan fingerprint density at radius 1 is 1.42 bits per heavy atom. The number of nitriles is 1. The van der Waals surface area contributed by atoms with Crippen LogP contribution in [-0.4, -0.2) is 25.0 Å². The van der Waals surface area contributed by atoms with Crippen LogP contribution in [0.15, 0.2) is 18.2 Å². The first-order valence-corrected chi connectivity index (χ1v) is 5.47. The number of hydrogen-bond acceptors (Lipinski definition) is 4. The summed E-state index contributed by atoms with van der Waals surface area (Å²) >= 11 is 0. The Labute approximate surface area is 109 Å². The lowest BCUT2D eigenvalue weighted by molar-refractivity contribution is -0.120. The molecular formula is C12H13FN4O2. The first-order valence-electron chi connectivity index (χ1n) is 5.47. The Hall–Kier alpha value is -2.62. The van der Waals surface area contributed by atoms with Crippen LogP contribution in [0.2, 0.25) is 0 Å². The summed E-state index contributed by atoms with van der Waals surface area (Å²) in [4.78, 5) is 22.6. The predicted octanol–water partition coefficient (Wildman–Crippen LogP) is 0.953. The van der Waals surface area contributed by atoms with Gasteiger partial charge in [0.1, 0.15) is 23.5 Å². The van der Waals surface area contributed by atoms with Gasteiger partial charge in [0.15, 0.2) is 0 Å². The van der Waals surface area contributed by atoms with E-state index in [0.29, 0.717) is 0 Å². The maximum absolute atomic E-state index is 13.3. The van der Waals surface area contributed by atoms with Crippen molar-refractivity contribution in [1.82, 2.24) is 10.6 Å². The summed E-state index contributed by atoms with van der Waals surface area (Å²) < 4.78 is 13.3. The fourth-order valence-corrected chi connectivity index (χ4v) is 1.34. The van der Waals surface area contributed by atoms with Crippen molar-refractivity contribution in [3.8, 4) is 6.07 Å².